The topological polar surface area (TPSA) is 101 Å². The Labute approximate surface area is 128 Å². The molecule has 1 aromatic rings. The van der Waals surface area contributed by atoms with Crippen molar-refractivity contribution >= 4 is 11.9 Å². The highest BCUT2D eigenvalue weighted by atomic mass is 16.6. The molecule has 9 nitrogen and oxygen atoms in total. The summed E-state index contributed by atoms with van der Waals surface area (Å²) in [4.78, 5) is 25.6. The van der Waals surface area contributed by atoms with E-state index in [2.05, 4.69) is 15.6 Å². The Morgan fingerprint density at radius 1 is 1.59 bits per heavy atom. The van der Waals surface area contributed by atoms with Gasteiger partial charge in [0.25, 0.3) is 0 Å². The van der Waals surface area contributed by atoms with Crippen molar-refractivity contribution < 1.29 is 9.63 Å². The third-order valence-corrected chi connectivity index (χ3v) is 4.23. The molecule has 2 bridgehead atoms. The van der Waals surface area contributed by atoms with Crippen LogP contribution in [0.2, 0.25) is 0 Å². The normalized spacial score (nSPS) is 24.0. The molecular weight excluding hydrogens is 286 g/mol. The van der Waals surface area contributed by atoms with E-state index in [9.17, 15) is 4.79 Å². The lowest BCUT2D eigenvalue weighted by molar-refractivity contribution is 0.0852. The summed E-state index contributed by atoms with van der Waals surface area (Å²) in [5.74, 6) is 0.570. The number of urea groups is 1. The number of hydrogen-bond acceptors (Lipinski definition) is 5. The first kappa shape index (κ1) is 14.8. The largest absolute Gasteiger partial charge is 0.328 e. The molecule has 3 N–H and O–H groups in total. The number of amidine groups is 1. The SMILES string of the molecule is CN=C(NOCCN)[C@@H]1c2c(cnn2C)[C@@H]2CN1C(=O)N2C. The van der Waals surface area contributed by atoms with E-state index in [0.717, 1.165) is 11.3 Å². The summed E-state index contributed by atoms with van der Waals surface area (Å²) in [5, 5.41) is 4.35. The second-order valence-electron chi connectivity index (χ2n) is 5.42. The molecule has 1 aromatic heterocycles. The van der Waals surface area contributed by atoms with Crippen molar-refractivity contribution in [1.29, 1.82) is 0 Å². The number of amides is 2. The molecule has 0 aromatic carbocycles. The molecule has 2 amide bonds. The van der Waals surface area contributed by atoms with Crippen molar-refractivity contribution in [3.05, 3.63) is 17.5 Å². The van der Waals surface area contributed by atoms with E-state index < -0.39 is 0 Å². The zero-order valence-corrected chi connectivity index (χ0v) is 13.0. The number of nitrogens with two attached hydrogens (primary N) is 1. The highest BCUT2D eigenvalue weighted by Crippen LogP contribution is 2.42. The molecule has 2 aliphatic rings. The Bertz CT molecular complexity index is 612. The monoisotopic (exact) mass is 307 g/mol. The number of aliphatic imine (C=N–C) groups is 1. The maximum absolute atomic E-state index is 12.5. The van der Waals surface area contributed by atoms with Crippen LogP contribution in [0.25, 0.3) is 0 Å². The van der Waals surface area contributed by atoms with E-state index in [0.29, 0.717) is 25.5 Å². The zero-order chi connectivity index (χ0) is 15.9. The first-order valence-corrected chi connectivity index (χ1v) is 7.20. The molecule has 1 fully saturated rings. The van der Waals surface area contributed by atoms with E-state index in [1.807, 2.05) is 20.3 Å². The van der Waals surface area contributed by atoms with Gasteiger partial charge in [-0.3, -0.25) is 20.0 Å². The van der Waals surface area contributed by atoms with Crippen molar-refractivity contribution in [3.63, 3.8) is 0 Å². The van der Waals surface area contributed by atoms with Crippen molar-refractivity contribution in [3.8, 4) is 0 Å². The van der Waals surface area contributed by atoms with Gasteiger partial charge in [-0.05, 0) is 0 Å². The number of nitrogens with zero attached hydrogens (tertiary/aromatic N) is 5. The lowest BCUT2D eigenvalue weighted by Crippen LogP contribution is -2.44. The van der Waals surface area contributed by atoms with Gasteiger partial charge in [0.15, 0.2) is 0 Å². The Hall–Kier alpha value is -2.13. The fraction of sp³-hybridized carbons (Fsp3) is 0.615. The van der Waals surface area contributed by atoms with E-state index in [1.165, 1.54) is 0 Å². The fourth-order valence-corrected chi connectivity index (χ4v) is 3.13. The lowest BCUT2D eigenvalue weighted by Gasteiger charge is -2.32. The molecule has 2 atom stereocenters. The minimum Gasteiger partial charge on any atom is -0.328 e. The van der Waals surface area contributed by atoms with Crippen LogP contribution in [0.15, 0.2) is 11.2 Å². The Morgan fingerprint density at radius 3 is 3.05 bits per heavy atom. The van der Waals surface area contributed by atoms with E-state index in [1.54, 1.807) is 21.5 Å². The number of likely N-dealkylation sites (N-methyl/N-ethyl adjacent to an activating group) is 1. The molecule has 1 saturated heterocycles. The average Bonchev–Trinajstić information content (AvgIpc) is 3.01. The van der Waals surface area contributed by atoms with Crippen molar-refractivity contribution in [2.75, 3.05) is 33.8 Å². The Kier molecular flexibility index (Phi) is 3.75. The van der Waals surface area contributed by atoms with Crippen LogP contribution in [-0.2, 0) is 11.9 Å². The summed E-state index contributed by atoms with van der Waals surface area (Å²) in [7, 11) is 5.35. The van der Waals surface area contributed by atoms with Gasteiger partial charge in [-0.15, -0.1) is 0 Å². The van der Waals surface area contributed by atoms with Gasteiger partial charge in [-0.2, -0.15) is 5.10 Å². The zero-order valence-electron chi connectivity index (χ0n) is 13.0. The summed E-state index contributed by atoms with van der Waals surface area (Å²) in [5.41, 5.74) is 10.3. The smallest absolute Gasteiger partial charge is 0.321 e. The second kappa shape index (κ2) is 5.58. The molecule has 0 radical (unpaired) electrons. The van der Waals surface area contributed by atoms with Crippen LogP contribution in [0, 0.1) is 0 Å². The first-order valence-electron chi connectivity index (χ1n) is 7.20. The van der Waals surface area contributed by atoms with E-state index >= 15 is 0 Å². The number of carbonyl (C=O) groups excluding carboxylic acids is 1. The minimum absolute atomic E-state index is 0.0204. The van der Waals surface area contributed by atoms with Crippen LogP contribution in [-0.4, -0.2) is 65.2 Å². The van der Waals surface area contributed by atoms with Crippen LogP contribution in [0.4, 0.5) is 4.79 Å². The highest BCUT2D eigenvalue weighted by Gasteiger charge is 2.49. The van der Waals surface area contributed by atoms with Gasteiger partial charge in [0, 0.05) is 39.8 Å². The highest BCUT2D eigenvalue weighted by molar-refractivity contribution is 5.93. The molecule has 9 heteroatoms. The van der Waals surface area contributed by atoms with Crippen molar-refractivity contribution in [2.45, 2.75) is 12.1 Å². The lowest BCUT2D eigenvalue weighted by atomic mass is 9.97. The predicted molar refractivity (Wildman–Crippen MR) is 80.1 cm³/mol. The van der Waals surface area contributed by atoms with Crippen LogP contribution in [0.3, 0.4) is 0 Å². The summed E-state index contributed by atoms with van der Waals surface area (Å²) < 4.78 is 1.79. The molecule has 3 rings (SSSR count). The van der Waals surface area contributed by atoms with Gasteiger partial charge in [-0.1, -0.05) is 0 Å². The number of hydroxylamine groups is 1. The van der Waals surface area contributed by atoms with Crippen LogP contribution in [0.1, 0.15) is 23.3 Å². The van der Waals surface area contributed by atoms with E-state index in [-0.39, 0.29) is 18.1 Å². The number of aryl methyl sites for hydroxylation is 1. The van der Waals surface area contributed by atoms with Gasteiger partial charge in [0.05, 0.1) is 24.5 Å². The van der Waals surface area contributed by atoms with Gasteiger partial charge in [0.1, 0.15) is 11.9 Å². The molecule has 0 unspecified atom stereocenters. The fourth-order valence-electron chi connectivity index (χ4n) is 3.13. The third kappa shape index (κ3) is 2.04. The molecule has 2 aliphatic heterocycles. The molecule has 0 aliphatic carbocycles. The number of hydrogen-bond donors (Lipinski definition) is 2. The van der Waals surface area contributed by atoms with Gasteiger partial charge >= 0.3 is 6.03 Å². The Balaban J connectivity index is 1.99. The maximum Gasteiger partial charge on any atom is 0.321 e. The summed E-state index contributed by atoms with van der Waals surface area (Å²) in [6, 6.07) is -0.317. The maximum atomic E-state index is 12.5. The molecule has 0 spiro atoms. The first-order chi connectivity index (χ1) is 10.6. The van der Waals surface area contributed by atoms with Crippen LogP contribution >= 0.6 is 0 Å². The van der Waals surface area contributed by atoms with E-state index in [4.69, 9.17) is 10.6 Å². The third-order valence-electron chi connectivity index (χ3n) is 4.23. The summed E-state index contributed by atoms with van der Waals surface area (Å²) >= 11 is 0. The minimum atomic E-state index is -0.334. The quantitative estimate of drug-likeness (QED) is 0.334. The molecule has 22 heavy (non-hydrogen) atoms. The number of aromatic nitrogens is 2. The molecule has 0 saturated carbocycles. The molecular formula is C13H21N7O2. The average molecular weight is 307 g/mol. The summed E-state index contributed by atoms with van der Waals surface area (Å²) in [6.45, 7) is 1.38. The van der Waals surface area contributed by atoms with Gasteiger partial charge in [-0.25, -0.2) is 4.79 Å². The second-order valence-corrected chi connectivity index (χ2v) is 5.42. The Morgan fingerprint density at radius 2 is 2.36 bits per heavy atom. The number of carbonyl (C=O) groups is 1. The number of rotatable bonds is 4. The van der Waals surface area contributed by atoms with Gasteiger partial charge in [0.2, 0.25) is 0 Å². The number of nitrogens with one attached hydrogen (secondary N) is 1. The van der Waals surface area contributed by atoms with Gasteiger partial charge < -0.3 is 15.5 Å². The van der Waals surface area contributed by atoms with Crippen LogP contribution < -0.4 is 11.2 Å². The molecule has 3 heterocycles. The van der Waals surface area contributed by atoms with Crippen LogP contribution in [0.5, 0.6) is 0 Å². The molecule has 120 valence electrons. The summed E-state index contributed by atoms with van der Waals surface area (Å²) in [6.07, 6.45) is 1.83. The van der Waals surface area contributed by atoms with Crippen molar-refractivity contribution in [1.82, 2.24) is 25.1 Å². The number of fused-ring (bicyclic) bond motifs is 4. The predicted octanol–water partition coefficient (Wildman–Crippen LogP) is -0.608. The standard InChI is InChI=1S/C13H21N7O2/c1-15-12(17-22-5-4-14)11-10-8(6-16-19(10)3)9-7-20(11)13(21)18(9)2/h6,9,11H,4-5,7,14H2,1-3H3,(H,15,17)/t9-,11-/m0/s1. The van der Waals surface area contributed by atoms with Crippen molar-refractivity contribution in [2.24, 2.45) is 17.8 Å².